The maximum absolute atomic E-state index is 10.2. The van der Waals surface area contributed by atoms with Crippen LogP contribution in [0.1, 0.15) is 13.3 Å². The van der Waals surface area contributed by atoms with Crippen LogP contribution in [0.15, 0.2) is 23.8 Å². The fraction of sp³-hybridized carbons (Fsp3) is 0.250. The SMILES string of the molecule is C=C(C/C=C(\C)C(=O)O)C(=O)O. The molecule has 0 rings (SSSR count). The first-order valence-corrected chi connectivity index (χ1v) is 3.26. The monoisotopic (exact) mass is 170 g/mol. The molecule has 0 saturated heterocycles. The zero-order chi connectivity index (χ0) is 9.72. The minimum Gasteiger partial charge on any atom is -0.478 e. The second kappa shape index (κ2) is 4.33. The molecule has 0 aromatic carbocycles. The van der Waals surface area contributed by atoms with Crippen LogP contribution in [0.4, 0.5) is 0 Å². The van der Waals surface area contributed by atoms with E-state index < -0.39 is 11.9 Å². The summed E-state index contributed by atoms with van der Waals surface area (Å²) >= 11 is 0. The van der Waals surface area contributed by atoms with Gasteiger partial charge in [0.15, 0.2) is 0 Å². The number of aliphatic carboxylic acids is 2. The third-order valence-corrected chi connectivity index (χ3v) is 1.29. The molecule has 0 unspecified atom stereocenters. The van der Waals surface area contributed by atoms with Gasteiger partial charge in [0.25, 0.3) is 0 Å². The van der Waals surface area contributed by atoms with Crippen molar-refractivity contribution in [2.75, 3.05) is 0 Å². The normalized spacial score (nSPS) is 10.9. The standard InChI is InChI=1S/C8H10O4/c1-5(7(9)10)3-4-6(2)8(11)12/h4H,1,3H2,2H3,(H,9,10)(H,11,12)/b6-4+. The van der Waals surface area contributed by atoms with Crippen molar-refractivity contribution < 1.29 is 19.8 Å². The second-order valence-electron chi connectivity index (χ2n) is 2.31. The molecular weight excluding hydrogens is 160 g/mol. The summed E-state index contributed by atoms with van der Waals surface area (Å²) in [7, 11) is 0. The summed E-state index contributed by atoms with van der Waals surface area (Å²) < 4.78 is 0. The number of hydrogen-bond acceptors (Lipinski definition) is 2. The summed E-state index contributed by atoms with van der Waals surface area (Å²) in [5.74, 6) is -2.15. The molecule has 0 heterocycles. The predicted molar refractivity (Wildman–Crippen MR) is 42.8 cm³/mol. The zero-order valence-corrected chi connectivity index (χ0v) is 6.70. The van der Waals surface area contributed by atoms with Crippen LogP contribution in [-0.2, 0) is 9.59 Å². The molecule has 0 radical (unpaired) electrons. The van der Waals surface area contributed by atoms with Crippen LogP contribution < -0.4 is 0 Å². The Morgan fingerprint density at radius 2 is 1.83 bits per heavy atom. The van der Waals surface area contributed by atoms with Crippen molar-refractivity contribution in [3.05, 3.63) is 23.8 Å². The van der Waals surface area contributed by atoms with E-state index in [9.17, 15) is 9.59 Å². The highest BCUT2D eigenvalue weighted by Gasteiger charge is 2.03. The Morgan fingerprint density at radius 1 is 1.33 bits per heavy atom. The zero-order valence-electron chi connectivity index (χ0n) is 6.70. The molecule has 0 aliphatic heterocycles. The fourth-order valence-electron chi connectivity index (χ4n) is 0.451. The van der Waals surface area contributed by atoms with Gasteiger partial charge in [0.2, 0.25) is 0 Å². The Kier molecular flexibility index (Phi) is 3.76. The molecule has 0 amide bonds. The Bertz CT molecular complexity index is 250. The van der Waals surface area contributed by atoms with Gasteiger partial charge in [-0.2, -0.15) is 0 Å². The van der Waals surface area contributed by atoms with Crippen molar-refractivity contribution >= 4 is 11.9 Å². The van der Waals surface area contributed by atoms with Gasteiger partial charge in [0.05, 0.1) is 0 Å². The van der Waals surface area contributed by atoms with E-state index in [0.29, 0.717) is 0 Å². The van der Waals surface area contributed by atoms with Gasteiger partial charge < -0.3 is 10.2 Å². The first kappa shape index (κ1) is 10.4. The molecule has 0 bridgehead atoms. The van der Waals surface area contributed by atoms with E-state index in [1.165, 1.54) is 13.0 Å². The summed E-state index contributed by atoms with van der Waals surface area (Å²) in [4.78, 5) is 20.4. The van der Waals surface area contributed by atoms with Crippen LogP contribution in [0.3, 0.4) is 0 Å². The van der Waals surface area contributed by atoms with Gasteiger partial charge in [-0.3, -0.25) is 0 Å². The number of allylic oxidation sites excluding steroid dienone is 1. The summed E-state index contributed by atoms with van der Waals surface area (Å²) in [5.41, 5.74) is 0.105. The number of hydrogen-bond donors (Lipinski definition) is 2. The predicted octanol–water partition coefficient (Wildman–Crippen LogP) is 1.05. The minimum atomic E-state index is -1.11. The lowest BCUT2D eigenvalue weighted by Crippen LogP contribution is -2.00. The molecule has 12 heavy (non-hydrogen) atoms. The lowest BCUT2D eigenvalue weighted by Gasteiger charge is -1.94. The molecule has 4 heteroatoms. The molecule has 0 spiro atoms. The van der Waals surface area contributed by atoms with Gasteiger partial charge in [-0.15, -0.1) is 0 Å². The van der Waals surface area contributed by atoms with Crippen molar-refractivity contribution in [2.45, 2.75) is 13.3 Å². The highest BCUT2D eigenvalue weighted by Crippen LogP contribution is 2.02. The summed E-state index contributed by atoms with van der Waals surface area (Å²) in [6.45, 7) is 4.65. The topological polar surface area (TPSA) is 74.6 Å². The largest absolute Gasteiger partial charge is 0.478 e. The quantitative estimate of drug-likeness (QED) is 0.618. The molecule has 0 aliphatic carbocycles. The van der Waals surface area contributed by atoms with E-state index in [2.05, 4.69) is 6.58 Å². The highest BCUT2D eigenvalue weighted by molar-refractivity contribution is 5.88. The van der Waals surface area contributed by atoms with Gasteiger partial charge in [0, 0.05) is 11.1 Å². The molecule has 4 nitrogen and oxygen atoms in total. The van der Waals surface area contributed by atoms with E-state index in [1.807, 2.05) is 0 Å². The van der Waals surface area contributed by atoms with E-state index in [1.54, 1.807) is 0 Å². The number of carbonyl (C=O) groups is 2. The molecule has 0 aromatic heterocycles. The molecule has 0 aromatic rings. The van der Waals surface area contributed by atoms with E-state index >= 15 is 0 Å². The maximum atomic E-state index is 10.2. The van der Waals surface area contributed by atoms with Crippen molar-refractivity contribution in [3.8, 4) is 0 Å². The molecule has 0 fully saturated rings. The maximum Gasteiger partial charge on any atom is 0.331 e. The van der Waals surface area contributed by atoms with Crippen molar-refractivity contribution in [3.63, 3.8) is 0 Å². The van der Waals surface area contributed by atoms with E-state index in [0.717, 1.165) is 0 Å². The van der Waals surface area contributed by atoms with Crippen LogP contribution in [0, 0.1) is 0 Å². The molecule has 66 valence electrons. The van der Waals surface area contributed by atoms with Crippen LogP contribution in [0.25, 0.3) is 0 Å². The average molecular weight is 170 g/mol. The molecule has 0 saturated carbocycles. The van der Waals surface area contributed by atoms with Gasteiger partial charge in [-0.1, -0.05) is 12.7 Å². The van der Waals surface area contributed by atoms with Gasteiger partial charge >= 0.3 is 11.9 Å². The first-order chi connectivity index (χ1) is 5.45. The van der Waals surface area contributed by atoms with E-state index in [-0.39, 0.29) is 17.6 Å². The second-order valence-corrected chi connectivity index (χ2v) is 2.31. The Morgan fingerprint density at radius 3 is 2.17 bits per heavy atom. The Labute approximate surface area is 69.8 Å². The van der Waals surface area contributed by atoms with Crippen LogP contribution in [-0.4, -0.2) is 22.2 Å². The van der Waals surface area contributed by atoms with Gasteiger partial charge in [0.1, 0.15) is 0 Å². The van der Waals surface area contributed by atoms with Crippen molar-refractivity contribution in [2.24, 2.45) is 0 Å². The Hall–Kier alpha value is -1.58. The summed E-state index contributed by atoms with van der Waals surface area (Å²) in [6.07, 6.45) is 1.38. The highest BCUT2D eigenvalue weighted by atomic mass is 16.4. The fourth-order valence-corrected chi connectivity index (χ4v) is 0.451. The summed E-state index contributed by atoms with van der Waals surface area (Å²) in [6, 6.07) is 0. The third-order valence-electron chi connectivity index (χ3n) is 1.29. The number of carboxylic acid groups (broad SMARTS) is 2. The van der Waals surface area contributed by atoms with Crippen LogP contribution in [0.2, 0.25) is 0 Å². The lowest BCUT2D eigenvalue weighted by atomic mass is 10.1. The minimum absolute atomic E-state index is 0.0180. The number of rotatable bonds is 4. The molecule has 2 N–H and O–H groups in total. The smallest absolute Gasteiger partial charge is 0.331 e. The third kappa shape index (κ3) is 3.55. The first-order valence-electron chi connectivity index (χ1n) is 3.26. The molecule has 0 aliphatic rings. The van der Waals surface area contributed by atoms with Gasteiger partial charge in [-0.25, -0.2) is 9.59 Å². The van der Waals surface area contributed by atoms with E-state index in [4.69, 9.17) is 10.2 Å². The van der Waals surface area contributed by atoms with Gasteiger partial charge in [-0.05, 0) is 13.3 Å². The lowest BCUT2D eigenvalue weighted by molar-refractivity contribution is -0.133. The average Bonchev–Trinajstić information content (AvgIpc) is 1.98. The molecule has 0 atom stereocenters. The molecular formula is C8H10O4. The number of carboxylic acids is 2. The van der Waals surface area contributed by atoms with Crippen molar-refractivity contribution in [1.29, 1.82) is 0 Å². The van der Waals surface area contributed by atoms with Crippen LogP contribution >= 0.6 is 0 Å². The Balaban J connectivity index is 4.14. The summed E-state index contributed by atoms with van der Waals surface area (Å²) in [5, 5.41) is 16.7. The van der Waals surface area contributed by atoms with Crippen molar-refractivity contribution in [1.82, 2.24) is 0 Å². The van der Waals surface area contributed by atoms with Crippen LogP contribution in [0.5, 0.6) is 0 Å².